The fourth-order valence-corrected chi connectivity index (χ4v) is 2.87. The first kappa shape index (κ1) is 17.1. The summed E-state index contributed by atoms with van der Waals surface area (Å²) < 4.78 is 5.78. The fraction of sp³-hybridized carbons (Fsp3) is 0.0476. The molecule has 0 atom stereocenters. The van der Waals surface area contributed by atoms with Crippen molar-refractivity contribution in [2.45, 2.75) is 6.61 Å². The zero-order chi connectivity index (χ0) is 18.5. The molecule has 6 heteroatoms. The molecule has 0 amide bonds. The molecular weight excluding hydrogens is 360 g/mol. The Labute approximate surface area is 161 Å². The second kappa shape index (κ2) is 7.93. The van der Waals surface area contributed by atoms with Crippen LogP contribution >= 0.6 is 11.6 Å². The van der Waals surface area contributed by atoms with E-state index in [4.69, 9.17) is 16.3 Å². The van der Waals surface area contributed by atoms with Gasteiger partial charge in [-0.3, -0.25) is 0 Å². The fourth-order valence-electron chi connectivity index (χ4n) is 2.62. The smallest absolute Gasteiger partial charge is 0.222 e. The minimum absolute atomic E-state index is 0.474. The number of halogens is 1. The zero-order valence-electron chi connectivity index (χ0n) is 14.4. The van der Waals surface area contributed by atoms with Crippen LogP contribution in [-0.2, 0) is 6.61 Å². The van der Waals surface area contributed by atoms with Crippen LogP contribution in [0.15, 0.2) is 77.9 Å². The molecule has 2 N–H and O–H groups in total. The van der Waals surface area contributed by atoms with Crippen LogP contribution in [0.2, 0.25) is 5.02 Å². The summed E-state index contributed by atoms with van der Waals surface area (Å²) in [7, 11) is 0. The Bertz CT molecular complexity index is 1040. The number of anilines is 1. The van der Waals surface area contributed by atoms with E-state index in [0.717, 1.165) is 22.2 Å². The molecule has 1 heterocycles. The van der Waals surface area contributed by atoms with Crippen LogP contribution in [0.25, 0.3) is 11.0 Å². The number of ether oxygens (including phenoxy) is 1. The van der Waals surface area contributed by atoms with Gasteiger partial charge in [-0.05, 0) is 41.5 Å². The van der Waals surface area contributed by atoms with Gasteiger partial charge in [0.25, 0.3) is 0 Å². The summed E-state index contributed by atoms with van der Waals surface area (Å²) in [5.74, 6) is 1.23. The number of nitrogens with zero attached hydrogens (tertiary/aromatic N) is 2. The first-order valence-electron chi connectivity index (χ1n) is 8.48. The van der Waals surface area contributed by atoms with Gasteiger partial charge in [0.05, 0.1) is 22.3 Å². The Morgan fingerprint density at radius 1 is 1.04 bits per heavy atom. The molecule has 134 valence electrons. The highest BCUT2D eigenvalue weighted by Crippen LogP contribution is 2.26. The first-order valence-corrected chi connectivity index (χ1v) is 8.86. The lowest BCUT2D eigenvalue weighted by atomic mass is 10.2. The van der Waals surface area contributed by atoms with Gasteiger partial charge >= 0.3 is 0 Å². The van der Waals surface area contributed by atoms with E-state index in [-0.39, 0.29) is 0 Å². The quantitative estimate of drug-likeness (QED) is 0.357. The summed E-state index contributed by atoms with van der Waals surface area (Å²) in [4.78, 5) is 7.55. The number of imidazole rings is 1. The molecular formula is C21H17ClN4O. The highest BCUT2D eigenvalue weighted by atomic mass is 35.5. The number of fused-ring (bicyclic) bond motifs is 1. The summed E-state index contributed by atoms with van der Waals surface area (Å²) >= 11 is 6.32. The average molecular weight is 377 g/mol. The van der Waals surface area contributed by atoms with Gasteiger partial charge in [0.2, 0.25) is 5.95 Å². The lowest BCUT2D eigenvalue weighted by Gasteiger charge is -2.08. The first-order chi connectivity index (χ1) is 13.3. The number of aromatic nitrogens is 2. The molecule has 27 heavy (non-hydrogen) atoms. The highest BCUT2D eigenvalue weighted by Gasteiger charge is 2.03. The normalized spacial score (nSPS) is 11.1. The number of nitrogens with one attached hydrogen (secondary N) is 2. The van der Waals surface area contributed by atoms with Crippen LogP contribution in [0.3, 0.4) is 0 Å². The molecule has 0 saturated heterocycles. The molecule has 4 rings (SSSR count). The zero-order valence-corrected chi connectivity index (χ0v) is 15.1. The van der Waals surface area contributed by atoms with Crippen molar-refractivity contribution in [1.29, 1.82) is 0 Å². The molecule has 0 aliphatic rings. The molecule has 0 unspecified atom stereocenters. The van der Waals surface area contributed by atoms with E-state index in [0.29, 0.717) is 23.3 Å². The number of benzene rings is 3. The van der Waals surface area contributed by atoms with Crippen LogP contribution in [0.4, 0.5) is 5.95 Å². The van der Waals surface area contributed by atoms with Crippen molar-refractivity contribution in [1.82, 2.24) is 9.97 Å². The van der Waals surface area contributed by atoms with Gasteiger partial charge in [-0.25, -0.2) is 10.4 Å². The number of H-pyrrole nitrogens is 1. The third-order valence-corrected chi connectivity index (χ3v) is 4.26. The third kappa shape index (κ3) is 4.27. The summed E-state index contributed by atoms with van der Waals surface area (Å²) in [5.41, 5.74) is 6.68. The SMILES string of the molecule is Clc1cc(/C=N\Nc2nc3ccccc3[nH]2)ccc1OCc1ccccc1. The highest BCUT2D eigenvalue weighted by molar-refractivity contribution is 6.32. The maximum absolute atomic E-state index is 6.32. The minimum Gasteiger partial charge on any atom is -0.487 e. The summed E-state index contributed by atoms with van der Waals surface area (Å²) in [6.07, 6.45) is 1.68. The van der Waals surface area contributed by atoms with Gasteiger partial charge in [0.15, 0.2) is 0 Å². The van der Waals surface area contributed by atoms with Crippen LogP contribution < -0.4 is 10.2 Å². The van der Waals surface area contributed by atoms with Crippen molar-refractivity contribution in [2.24, 2.45) is 5.10 Å². The van der Waals surface area contributed by atoms with Crippen molar-refractivity contribution in [3.63, 3.8) is 0 Å². The van der Waals surface area contributed by atoms with Crippen LogP contribution in [0, 0.1) is 0 Å². The largest absolute Gasteiger partial charge is 0.487 e. The van der Waals surface area contributed by atoms with Gasteiger partial charge in [0, 0.05) is 0 Å². The number of hydrogen-bond acceptors (Lipinski definition) is 4. The Balaban J connectivity index is 1.39. The summed E-state index contributed by atoms with van der Waals surface area (Å²) in [6.45, 7) is 0.474. The number of para-hydroxylation sites is 2. The number of rotatable bonds is 6. The lowest BCUT2D eigenvalue weighted by molar-refractivity contribution is 0.306. The Hall–Kier alpha value is -3.31. The van der Waals surface area contributed by atoms with Gasteiger partial charge < -0.3 is 9.72 Å². The number of aromatic amines is 1. The van der Waals surface area contributed by atoms with E-state index in [1.807, 2.05) is 72.8 Å². The Morgan fingerprint density at radius 3 is 2.67 bits per heavy atom. The monoisotopic (exact) mass is 376 g/mol. The molecule has 0 radical (unpaired) electrons. The van der Waals surface area contributed by atoms with E-state index in [1.54, 1.807) is 6.21 Å². The summed E-state index contributed by atoms with van der Waals surface area (Å²) in [5, 5.41) is 4.74. The number of hydrogen-bond donors (Lipinski definition) is 2. The Kier molecular flexibility index (Phi) is 5.03. The second-order valence-electron chi connectivity index (χ2n) is 5.94. The van der Waals surface area contributed by atoms with Crippen molar-refractivity contribution in [3.05, 3.63) is 88.9 Å². The molecule has 5 nitrogen and oxygen atoms in total. The molecule has 4 aromatic rings. The molecule has 0 bridgehead atoms. The maximum atomic E-state index is 6.32. The van der Waals surface area contributed by atoms with Crippen molar-refractivity contribution in [3.8, 4) is 5.75 Å². The lowest BCUT2D eigenvalue weighted by Crippen LogP contribution is -1.96. The predicted octanol–water partition coefficient (Wildman–Crippen LogP) is 5.24. The van der Waals surface area contributed by atoms with Gasteiger partial charge in [-0.2, -0.15) is 5.10 Å². The molecule has 0 aliphatic heterocycles. The molecule has 3 aromatic carbocycles. The minimum atomic E-state index is 0.474. The second-order valence-corrected chi connectivity index (χ2v) is 6.34. The predicted molar refractivity (Wildman–Crippen MR) is 110 cm³/mol. The van der Waals surface area contributed by atoms with E-state index in [2.05, 4.69) is 20.5 Å². The third-order valence-electron chi connectivity index (χ3n) is 3.97. The van der Waals surface area contributed by atoms with Crippen molar-refractivity contribution in [2.75, 3.05) is 5.43 Å². The molecule has 0 saturated carbocycles. The van der Waals surface area contributed by atoms with Crippen molar-refractivity contribution < 1.29 is 4.74 Å². The van der Waals surface area contributed by atoms with E-state index in [1.165, 1.54) is 0 Å². The van der Waals surface area contributed by atoms with E-state index in [9.17, 15) is 0 Å². The Morgan fingerprint density at radius 2 is 1.85 bits per heavy atom. The van der Waals surface area contributed by atoms with Crippen LogP contribution in [-0.4, -0.2) is 16.2 Å². The topological polar surface area (TPSA) is 62.3 Å². The van der Waals surface area contributed by atoms with E-state index < -0.39 is 0 Å². The van der Waals surface area contributed by atoms with E-state index >= 15 is 0 Å². The van der Waals surface area contributed by atoms with Crippen LogP contribution in [0.1, 0.15) is 11.1 Å². The summed E-state index contributed by atoms with van der Waals surface area (Å²) in [6, 6.07) is 23.3. The van der Waals surface area contributed by atoms with Gasteiger partial charge in [0.1, 0.15) is 12.4 Å². The molecule has 1 aromatic heterocycles. The van der Waals surface area contributed by atoms with Crippen molar-refractivity contribution >= 4 is 34.8 Å². The number of hydrazone groups is 1. The van der Waals surface area contributed by atoms with Gasteiger partial charge in [-0.1, -0.05) is 54.1 Å². The molecule has 0 aliphatic carbocycles. The average Bonchev–Trinajstić information content (AvgIpc) is 3.11. The molecule has 0 fully saturated rings. The standard InChI is InChI=1S/C21H17ClN4O/c22-17-12-16(10-11-20(17)27-14-15-6-2-1-3-7-15)13-23-26-21-24-18-8-4-5-9-19(18)25-21/h1-13H,14H2,(H2,24,25,26)/b23-13-. The van der Waals surface area contributed by atoms with Gasteiger partial charge in [-0.15, -0.1) is 0 Å². The maximum Gasteiger partial charge on any atom is 0.222 e. The molecule has 0 spiro atoms. The van der Waals surface area contributed by atoms with Crippen LogP contribution in [0.5, 0.6) is 5.75 Å².